The Morgan fingerprint density at radius 1 is 1.20 bits per heavy atom. The Morgan fingerprint density at radius 3 is 2.55 bits per heavy atom. The summed E-state index contributed by atoms with van der Waals surface area (Å²) in [5.74, 6) is -0.332. The smallest absolute Gasteiger partial charge is 0.274 e. The molecule has 20 heavy (non-hydrogen) atoms. The molecule has 0 saturated carbocycles. The molecule has 1 N–H and O–H groups in total. The van der Waals surface area contributed by atoms with Gasteiger partial charge in [-0.2, -0.15) is 0 Å². The van der Waals surface area contributed by atoms with Crippen LogP contribution in [0.3, 0.4) is 0 Å². The number of nitrogens with zero attached hydrogens (tertiary/aromatic N) is 2. The number of rotatable bonds is 3. The van der Waals surface area contributed by atoms with Crippen molar-refractivity contribution in [3.8, 4) is 0 Å². The van der Waals surface area contributed by atoms with Gasteiger partial charge in [-0.05, 0) is 30.3 Å². The van der Waals surface area contributed by atoms with E-state index in [4.69, 9.17) is 23.2 Å². The molecule has 0 aliphatic carbocycles. The normalized spacial score (nSPS) is 10.2. The van der Waals surface area contributed by atoms with E-state index in [0.717, 1.165) is 5.69 Å². The van der Waals surface area contributed by atoms with Crippen LogP contribution in [0.1, 0.15) is 10.5 Å². The molecule has 4 nitrogen and oxygen atoms in total. The van der Waals surface area contributed by atoms with Crippen molar-refractivity contribution in [2.75, 3.05) is 24.3 Å². The summed E-state index contributed by atoms with van der Waals surface area (Å²) in [6.07, 6.45) is 1.49. The second-order valence-corrected chi connectivity index (χ2v) is 5.22. The molecule has 1 aromatic heterocycles. The molecular formula is C14H13Cl2N3O. The van der Waals surface area contributed by atoms with Gasteiger partial charge in [-0.25, -0.2) is 0 Å². The summed E-state index contributed by atoms with van der Waals surface area (Å²) in [6.45, 7) is 0. The molecule has 0 fully saturated rings. The van der Waals surface area contributed by atoms with E-state index in [1.807, 2.05) is 25.1 Å². The number of halogens is 2. The molecule has 1 amide bonds. The van der Waals surface area contributed by atoms with E-state index in [0.29, 0.717) is 15.7 Å². The topological polar surface area (TPSA) is 45.2 Å². The van der Waals surface area contributed by atoms with Gasteiger partial charge in [0.15, 0.2) is 0 Å². The van der Waals surface area contributed by atoms with Crippen LogP contribution < -0.4 is 10.2 Å². The maximum Gasteiger partial charge on any atom is 0.274 e. The number of anilines is 2. The Bertz CT molecular complexity index is 644. The first-order chi connectivity index (χ1) is 9.47. The lowest BCUT2D eigenvalue weighted by atomic mass is 10.2. The molecule has 6 heteroatoms. The zero-order valence-electron chi connectivity index (χ0n) is 11.0. The van der Waals surface area contributed by atoms with Crippen LogP contribution >= 0.6 is 23.2 Å². The SMILES string of the molecule is CN(C)c1ccc(NC(=O)c2cc(Cl)ccn2)cc1Cl. The molecule has 0 unspecified atom stereocenters. The van der Waals surface area contributed by atoms with Gasteiger partial charge in [0.05, 0.1) is 10.7 Å². The molecule has 2 rings (SSSR count). The largest absolute Gasteiger partial charge is 0.376 e. The van der Waals surface area contributed by atoms with Crippen molar-refractivity contribution in [1.82, 2.24) is 4.98 Å². The molecule has 0 bridgehead atoms. The lowest BCUT2D eigenvalue weighted by molar-refractivity contribution is 0.102. The Labute approximate surface area is 127 Å². The fourth-order valence-electron chi connectivity index (χ4n) is 1.67. The van der Waals surface area contributed by atoms with Crippen molar-refractivity contribution in [2.24, 2.45) is 0 Å². The van der Waals surface area contributed by atoms with Crippen molar-refractivity contribution in [3.63, 3.8) is 0 Å². The number of hydrogen-bond donors (Lipinski definition) is 1. The fourth-order valence-corrected chi connectivity index (χ4v) is 2.18. The van der Waals surface area contributed by atoms with Gasteiger partial charge in [-0.3, -0.25) is 9.78 Å². The average molecular weight is 310 g/mol. The third-order valence-corrected chi connectivity index (χ3v) is 3.18. The number of carbonyl (C=O) groups is 1. The summed E-state index contributed by atoms with van der Waals surface area (Å²) in [6, 6.07) is 8.43. The molecule has 0 aliphatic heterocycles. The summed E-state index contributed by atoms with van der Waals surface area (Å²) in [5, 5.41) is 3.76. The van der Waals surface area contributed by atoms with E-state index in [2.05, 4.69) is 10.3 Å². The standard InChI is InChI=1S/C14H13Cl2N3O/c1-19(2)13-4-3-10(8-11(13)16)18-14(20)12-7-9(15)5-6-17-12/h3-8H,1-2H3,(H,18,20). The predicted molar refractivity (Wildman–Crippen MR) is 83.0 cm³/mol. The summed E-state index contributed by atoms with van der Waals surface area (Å²) < 4.78 is 0. The minimum absolute atomic E-state index is 0.255. The van der Waals surface area contributed by atoms with Crippen LogP contribution in [0.5, 0.6) is 0 Å². The number of benzene rings is 1. The van der Waals surface area contributed by atoms with E-state index in [1.54, 1.807) is 18.2 Å². The molecule has 1 heterocycles. The first-order valence-electron chi connectivity index (χ1n) is 5.87. The van der Waals surface area contributed by atoms with Gasteiger partial charge >= 0.3 is 0 Å². The van der Waals surface area contributed by atoms with Crippen LogP contribution in [-0.4, -0.2) is 25.0 Å². The quantitative estimate of drug-likeness (QED) is 0.940. The van der Waals surface area contributed by atoms with Gasteiger partial charge in [-0.1, -0.05) is 23.2 Å². The van der Waals surface area contributed by atoms with E-state index in [9.17, 15) is 4.79 Å². The van der Waals surface area contributed by atoms with Gasteiger partial charge < -0.3 is 10.2 Å². The van der Waals surface area contributed by atoms with Crippen LogP contribution in [0, 0.1) is 0 Å². The van der Waals surface area contributed by atoms with E-state index >= 15 is 0 Å². The van der Waals surface area contributed by atoms with Crippen molar-refractivity contribution in [1.29, 1.82) is 0 Å². The number of carbonyl (C=O) groups excluding carboxylic acids is 1. The number of nitrogens with one attached hydrogen (secondary N) is 1. The maximum absolute atomic E-state index is 12.0. The first-order valence-corrected chi connectivity index (χ1v) is 6.63. The third-order valence-electron chi connectivity index (χ3n) is 2.64. The number of hydrogen-bond acceptors (Lipinski definition) is 3. The first kappa shape index (κ1) is 14.6. The molecule has 0 aliphatic rings. The molecule has 2 aromatic rings. The molecular weight excluding hydrogens is 297 g/mol. The number of amides is 1. The van der Waals surface area contributed by atoms with Gasteiger partial charge in [0.1, 0.15) is 5.69 Å². The highest BCUT2D eigenvalue weighted by atomic mass is 35.5. The van der Waals surface area contributed by atoms with Crippen LogP contribution in [0.15, 0.2) is 36.5 Å². The highest BCUT2D eigenvalue weighted by Crippen LogP contribution is 2.27. The van der Waals surface area contributed by atoms with Gasteiger partial charge in [0.2, 0.25) is 0 Å². The van der Waals surface area contributed by atoms with Gasteiger partial charge in [0, 0.05) is 31.0 Å². The maximum atomic E-state index is 12.0. The molecule has 0 radical (unpaired) electrons. The zero-order chi connectivity index (χ0) is 14.7. The van der Waals surface area contributed by atoms with Crippen LogP contribution in [0.4, 0.5) is 11.4 Å². The second-order valence-electron chi connectivity index (χ2n) is 4.37. The van der Waals surface area contributed by atoms with Gasteiger partial charge in [-0.15, -0.1) is 0 Å². The van der Waals surface area contributed by atoms with Crippen molar-refractivity contribution < 1.29 is 4.79 Å². The lowest BCUT2D eigenvalue weighted by Crippen LogP contribution is -2.14. The summed E-state index contributed by atoms with van der Waals surface area (Å²) in [4.78, 5) is 17.9. The monoisotopic (exact) mass is 309 g/mol. The molecule has 0 spiro atoms. The minimum atomic E-state index is -0.332. The molecule has 0 atom stereocenters. The molecule has 1 aromatic carbocycles. The summed E-state index contributed by atoms with van der Waals surface area (Å²) in [5.41, 5.74) is 1.74. The Kier molecular flexibility index (Phi) is 4.47. The summed E-state index contributed by atoms with van der Waals surface area (Å²) >= 11 is 12.0. The summed E-state index contributed by atoms with van der Waals surface area (Å²) in [7, 11) is 3.80. The van der Waals surface area contributed by atoms with Crippen molar-refractivity contribution in [2.45, 2.75) is 0 Å². The van der Waals surface area contributed by atoms with Crippen LogP contribution in [-0.2, 0) is 0 Å². The zero-order valence-corrected chi connectivity index (χ0v) is 12.5. The Balaban J connectivity index is 2.18. The van der Waals surface area contributed by atoms with E-state index in [-0.39, 0.29) is 11.6 Å². The van der Waals surface area contributed by atoms with Crippen molar-refractivity contribution in [3.05, 3.63) is 52.3 Å². The predicted octanol–water partition coefficient (Wildman–Crippen LogP) is 3.71. The number of pyridine rings is 1. The van der Waals surface area contributed by atoms with E-state index < -0.39 is 0 Å². The molecule has 0 saturated heterocycles. The van der Waals surface area contributed by atoms with Crippen LogP contribution in [0.25, 0.3) is 0 Å². The minimum Gasteiger partial charge on any atom is -0.376 e. The highest BCUT2D eigenvalue weighted by molar-refractivity contribution is 6.33. The van der Waals surface area contributed by atoms with Crippen molar-refractivity contribution >= 4 is 40.5 Å². The Hall–Kier alpha value is -1.78. The average Bonchev–Trinajstić information content (AvgIpc) is 2.38. The lowest BCUT2D eigenvalue weighted by Gasteiger charge is -2.15. The second kappa shape index (κ2) is 6.11. The van der Waals surface area contributed by atoms with Crippen LogP contribution in [0.2, 0.25) is 10.0 Å². The third kappa shape index (κ3) is 3.40. The van der Waals surface area contributed by atoms with E-state index in [1.165, 1.54) is 12.3 Å². The Morgan fingerprint density at radius 2 is 1.95 bits per heavy atom. The highest BCUT2D eigenvalue weighted by Gasteiger charge is 2.10. The molecule has 104 valence electrons. The fraction of sp³-hybridized carbons (Fsp3) is 0.143. The van der Waals surface area contributed by atoms with Gasteiger partial charge in [0.25, 0.3) is 5.91 Å². The number of aromatic nitrogens is 1.